The van der Waals surface area contributed by atoms with Gasteiger partial charge in [-0.25, -0.2) is 0 Å². The number of benzene rings is 2. The van der Waals surface area contributed by atoms with Crippen molar-refractivity contribution < 1.29 is 4.79 Å². The number of carbonyl (C=O) groups excluding carboxylic acids is 1. The van der Waals surface area contributed by atoms with Crippen molar-refractivity contribution in [3.8, 4) is 0 Å². The Kier molecular flexibility index (Phi) is 2.78. The van der Waals surface area contributed by atoms with Gasteiger partial charge in [-0.1, -0.05) is 50.2 Å². The van der Waals surface area contributed by atoms with Gasteiger partial charge in [-0.2, -0.15) is 0 Å². The van der Waals surface area contributed by atoms with Gasteiger partial charge in [0.1, 0.15) is 0 Å². The molecule has 0 amide bonds. The van der Waals surface area contributed by atoms with Gasteiger partial charge in [-0.3, -0.25) is 4.79 Å². The molecule has 0 unspecified atom stereocenters. The minimum atomic E-state index is 0.0473. The molecule has 0 aliphatic carbocycles. The highest BCUT2D eigenvalue weighted by atomic mass is 16.1. The maximum atomic E-state index is 12.1. The van der Waals surface area contributed by atoms with E-state index in [1.54, 1.807) is 0 Å². The predicted octanol–water partition coefficient (Wildman–Crippen LogP) is 3.99. The van der Waals surface area contributed by atoms with E-state index in [0.717, 1.165) is 10.9 Å². The molecule has 0 radical (unpaired) electrons. The van der Waals surface area contributed by atoms with Crippen LogP contribution in [0.2, 0.25) is 0 Å². The largest absolute Gasteiger partial charge is 0.294 e. The van der Waals surface area contributed by atoms with Crippen LogP contribution in [0.5, 0.6) is 0 Å². The summed E-state index contributed by atoms with van der Waals surface area (Å²) in [6.07, 6.45) is 0. The van der Waals surface area contributed by atoms with Gasteiger partial charge in [0, 0.05) is 11.5 Å². The Hall–Kier alpha value is -1.63. The lowest BCUT2D eigenvalue weighted by atomic mass is 9.93. The second-order valence-corrected chi connectivity index (χ2v) is 4.49. The third-order valence-corrected chi connectivity index (χ3v) is 2.93. The number of rotatable bonds is 2. The highest BCUT2D eigenvalue weighted by Gasteiger charge is 2.13. The predicted molar refractivity (Wildman–Crippen MR) is 67.9 cm³/mol. The number of Topliss-reactive ketones (excluding diaryl/α,β-unsaturated/α-hetero) is 1. The van der Waals surface area contributed by atoms with Crippen LogP contribution in [0.4, 0.5) is 0 Å². The molecule has 0 spiro atoms. The topological polar surface area (TPSA) is 17.1 Å². The Morgan fingerprint density at radius 2 is 1.62 bits per heavy atom. The normalized spacial score (nSPS) is 11.0. The summed E-state index contributed by atoms with van der Waals surface area (Å²) in [5.41, 5.74) is 2.06. The van der Waals surface area contributed by atoms with E-state index in [1.807, 2.05) is 44.2 Å². The van der Waals surface area contributed by atoms with Gasteiger partial charge in [0.25, 0.3) is 0 Å². The fourth-order valence-corrected chi connectivity index (χ4v) is 1.98. The van der Waals surface area contributed by atoms with Crippen molar-refractivity contribution in [2.24, 2.45) is 5.92 Å². The van der Waals surface area contributed by atoms with E-state index in [4.69, 9.17) is 0 Å². The second kappa shape index (κ2) is 4.09. The maximum Gasteiger partial charge on any atom is 0.166 e. The summed E-state index contributed by atoms with van der Waals surface area (Å²) in [6.45, 7) is 5.96. The van der Waals surface area contributed by atoms with Crippen LogP contribution in [-0.2, 0) is 0 Å². The van der Waals surface area contributed by atoms with Crippen LogP contribution < -0.4 is 0 Å². The van der Waals surface area contributed by atoms with Gasteiger partial charge >= 0.3 is 0 Å². The average molecular weight is 212 g/mol. The van der Waals surface area contributed by atoms with Crippen molar-refractivity contribution in [3.05, 3.63) is 47.5 Å². The number of fused-ring (bicyclic) bond motifs is 1. The summed E-state index contributed by atoms with van der Waals surface area (Å²) in [5.74, 6) is 0.266. The van der Waals surface area contributed by atoms with E-state index >= 15 is 0 Å². The van der Waals surface area contributed by atoms with Gasteiger partial charge in [0.05, 0.1) is 0 Å². The molecule has 82 valence electrons. The third-order valence-electron chi connectivity index (χ3n) is 2.93. The lowest BCUT2D eigenvalue weighted by Gasteiger charge is -2.09. The summed E-state index contributed by atoms with van der Waals surface area (Å²) in [4.78, 5) is 12.1. The summed E-state index contributed by atoms with van der Waals surface area (Å²) in [7, 11) is 0. The van der Waals surface area contributed by atoms with Gasteiger partial charge in [-0.05, 0) is 23.3 Å². The SMILES string of the molecule is Cc1ccc(C(=O)C(C)C)c2ccccc12. The van der Waals surface area contributed by atoms with Gasteiger partial charge in [0.2, 0.25) is 0 Å². The second-order valence-electron chi connectivity index (χ2n) is 4.49. The minimum absolute atomic E-state index is 0.0473. The first-order valence-corrected chi connectivity index (χ1v) is 5.64. The molecule has 1 nitrogen and oxygen atoms in total. The molecule has 0 fully saturated rings. The van der Waals surface area contributed by atoms with Crippen LogP contribution in [0, 0.1) is 12.8 Å². The third kappa shape index (κ3) is 1.73. The zero-order valence-electron chi connectivity index (χ0n) is 9.95. The Balaban J connectivity index is 2.72. The van der Waals surface area contributed by atoms with Crippen LogP contribution in [0.3, 0.4) is 0 Å². The van der Waals surface area contributed by atoms with Crippen LogP contribution in [0.25, 0.3) is 10.8 Å². The molecule has 0 aromatic heterocycles. The molecule has 2 rings (SSSR count). The van der Waals surface area contributed by atoms with Crippen molar-refractivity contribution in [2.75, 3.05) is 0 Å². The molecule has 0 aliphatic rings. The molecule has 2 aromatic carbocycles. The van der Waals surface area contributed by atoms with Crippen molar-refractivity contribution in [3.63, 3.8) is 0 Å². The van der Waals surface area contributed by atoms with E-state index in [1.165, 1.54) is 10.9 Å². The minimum Gasteiger partial charge on any atom is -0.294 e. The lowest BCUT2D eigenvalue weighted by molar-refractivity contribution is 0.0941. The summed E-state index contributed by atoms with van der Waals surface area (Å²) >= 11 is 0. The summed E-state index contributed by atoms with van der Waals surface area (Å²) in [6, 6.07) is 12.1. The lowest BCUT2D eigenvalue weighted by Crippen LogP contribution is -2.08. The van der Waals surface area contributed by atoms with Gasteiger partial charge in [-0.15, -0.1) is 0 Å². The maximum absolute atomic E-state index is 12.1. The molecule has 16 heavy (non-hydrogen) atoms. The fourth-order valence-electron chi connectivity index (χ4n) is 1.98. The van der Waals surface area contributed by atoms with E-state index in [2.05, 4.69) is 13.0 Å². The first-order valence-electron chi connectivity index (χ1n) is 5.64. The van der Waals surface area contributed by atoms with Crippen LogP contribution >= 0.6 is 0 Å². The summed E-state index contributed by atoms with van der Waals surface area (Å²) in [5, 5.41) is 2.25. The smallest absolute Gasteiger partial charge is 0.166 e. The zero-order chi connectivity index (χ0) is 11.7. The van der Waals surface area contributed by atoms with E-state index in [-0.39, 0.29) is 11.7 Å². The van der Waals surface area contributed by atoms with Crippen molar-refractivity contribution in [1.82, 2.24) is 0 Å². The number of ketones is 1. The number of carbonyl (C=O) groups is 1. The van der Waals surface area contributed by atoms with Crippen LogP contribution in [0.15, 0.2) is 36.4 Å². The Morgan fingerprint density at radius 1 is 1.00 bits per heavy atom. The van der Waals surface area contributed by atoms with E-state index < -0.39 is 0 Å². The fraction of sp³-hybridized carbons (Fsp3) is 0.267. The molecule has 0 atom stereocenters. The average Bonchev–Trinajstić information content (AvgIpc) is 2.29. The highest BCUT2D eigenvalue weighted by molar-refractivity contribution is 6.09. The number of aryl methyl sites for hydroxylation is 1. The van der Waals surface area contributed by atoms with Crippen molar-refractivity contribution in [2.45, 2.75) is 20.8 Å². The molecule has 0 aliphatic heterocycles. The zero-order valence-corrected chi connectivity index (χ0v) is 9.95. The molecule has 0 saturated carbocycles. The van der Waals surface area contributed by atoms with E-state index in [9.17, 15) is 4.79 Å². The monoisotopic (exact) mass is 212 g/mol. The van der Waals surface area contributed by atoms with E-state index in [0.29, 0.717) is 0 Å². The first-order chi connectivity index (χ1) is 7.61. The van der Waals surface area contributed by atoms with Crippen LogP contribution in [0.1, 0.15) is 29.8 Å². The Bertz CT molecular complexity index is 538. The molecule has 0 heterocycles. The first kappa shape index (κ1) is 10.9. The molecule has 0 N–H and O–H groups in total. The van der Waals surface area contributed by atoms with Gasteiger partial charge in [0.15, 0.2) is 5.78 Å². The molecule has 1 heteroatoms. The molecule has 2 aromatic rings. The Labute approximate surface area is 96.1 Å². The molecule has 0 bridgehead atoms. The van der Waals surface area contributed by atoms with Crippen LogP contribution in [-0.4, -0.2) is 5.78 Å². The summed E-state index contributed by atoms with van der Waals surface area (Å²) < 4.78 is 0. The standard InChI is InChI=1S/C15H16O/c1-10(2)15(16)14-9-8-11(3)12-6-4-5-7-13(12)14/h4-10H,1-3H3. The number of hydrogen-bond acceptors (Lipinski definition) is 1. The Morgan fingerprint density at radius 3 is 2.25 bits per heavy atom. The van der Waals surface area contributed by atoms with Gasteiger partial charge < -0.3 is 0 Å². The molecular weight excluding hydrogens is 196 g/mol. The van der Waals surface area contributed by atoms with Crippen molar-refractivity contribution in [1.29, 1.82) is 0 Å². The molecule has 0 saturated heterocycles. The quantitative estimate of drug-likeness (QED) is 0.688. The van der Waals surface area contributed by atoms with Crippen molar-refractivity contribution >= 4 is 16.6 Å². The molecular formula is C15H16O. The number of hydrogen-bond donors (Lipinski definition) is 0. The highest BCUT2D eigenvalue weighted by Crippen LogP contribution is 2.24.